The fourth-order valence-corrected chi connectivity index (χ4v) is 1.82. The summed E-state index contributed by atoms with van der Waals surface area (Å²) in [5.74, 6) is -1.01. The van der Waals surface area contributed by atoms with Crippen molar-refractivity contribution in [3.05, 3.63) is 35.9 Å². The second-order valence-corrected chi connectivity index (χ2v) is 3.58. The van der Waals surface area contributed by atoms with Gasteiger partial charge in [-0.05, 0) is 5.56 Å². The Morgan fingerprint density at radius 3 is 2.56 bits per heavy atom. The zero-order valence-corrected chi connectivity index (χ0v) is 8.59. The Morgan fingerprint density at radius 1 is 1.38 bits per heavy atom. The molecule has 1 aromatic carbocycles. The van der Waals surface area contributed by atoms with Crippen molar-refractivity contribution >= 4 is 12.0 Å². The molecule has 1 aromatic rings. The lowest BCUT2D eigenvalue weighted by molar-refractivity contribution is -0.142. The van der Waals surface area contributed by atoms with Crippen LogP contribution in [0.25, 0.3) is 0 Å². The van der Waals surface area contributed by atoms with Crippen LogP contribution in [0.4, 0.5) is 4.79 Å². The van der Waals surface area contributed by atoms with E-state index in [-0.39, 0.29) is 6.03 Å². The molecule has 1 aliphatic rings. The SMILES string of the molecule is O=C(O)C(c1ccccc1)N1CCNC1=O. The van der Waals surface area contributed by atoms with E-state index in [1.165, 1.54) is 4.90 Å². The van der Waals surface area contributed by atoms with Gasteiger partial charge in [0.15, 0.2) is 6.04 Å². The van der Waals surface area contributed by atoms with Crippen LogP contribution in [0.3, 0.4) is 0 Å². The number of carboxylic acid groups (broad SMARTS) is 1. The lowest BCUT2D eigenvalue weighted by Gasteiger charge is -2.23. The molecule has 0 aliphatic carbocycles. The van der Waals surface area contributed by atoms with E-state index in [2.05, 4.69) is 5.32 Å². The Bertz CT molecular complexity index is 405. The van der Waals surface area contributed by atoms with E-state index in [0.29, 0.717) is 18.7 Å². The van der Waals surface area contributed by atoms with Gasteiger partial charge in [-0.2, -0.15) is 0 Å². The van der Waals surface area contributed by atoms with E-state index in [9.17, 15) is 14.7 Å². The van der Waals surface area contributed by atoms with Crippen LogP contribution in [0, 0.1) is 0 Å². The molecule has 1 atom stereocenters. The van der Waals surface area contributed by atoms with Gasteiger partial charge in [0.05, 0.1) is 0 Å². The van der Waals surface area contributed by atoms with Crippen molar-refractivity contribution in [3.63, 3.8) is 0 Å². The van der Waals surface area contributed by atoms with Crippen LogP contribution in [0.5, 0.6) is 0 Å². The number of nitrogens with zero attached hydrogens (tertiary/aromatic N) is 1. The summed E-state index contributed by atoms with van der Waals surface area (Å²) in [5, 5.41) is 11.8. The molecular formula is C11H12N2O3. The van der Waals surface area contributed by atoms with E-state index in [4.69, 9.17) is 0 Å². The summed E-state index contributed by atoms with van der Waals surface area (Å²) in [6, 6.07) is 7.54. The molecule has 16 heavy (non-hydrogen) atoms. The van der Waals surface area contributed by atoms with Crippen molar-refractivity contribution < 1.29 is 14.7 Å². The first-order valence-corrected chi connectivity index (χ1v) is 5.02. The van der Waals surface area contributed by atoms with E-state index >= 15 is 0 Å². The number of amides is 2. The zero-order chi connectivity index (χ0) is 11.5. The molecule has 0 bridgehead atoms. The average Bonchev–Trinajstić information content (AvgIpc) is 2.66. The number of nitrogens with one attached hydrogen (secondary N) is 1. The number of carbonyl (C=O) groups is 2. The molecular weight excluding hydrogens is 208 g/mol. The smallest absolute Gasteiger partial charge is 0.331 e. The summed E-state index contributed by atoms with van der Waals surface area (Å²) in [6.07, 6.45) is 0. The Labute approximate surface area is 92.7 Å². The van der Waals surface area contributed by atoms with E-state index in [0.717, 1.165) is 0 Å². The number of hydrogen-bond donors (Lipinski definition) is 2. The Hall–Kier alpha value is -2.04. The number of urea groups is 1. The number of hydrogen-bond acceptors (Lipinski definition) is 2. The molecule has 0 radical (unpaired) electrons. The van der Waals surface area contributed by atoms with Crippen LogP contribution in [0.15, 0.2) is 30.3 Å². The van der Waals surface area contributed by atoms with Gasteiger partial charge in [-0.25, -0.2) is 9.59 Å². The van der Waals surface area contributed by atoms with Gasteiger partial charge >= 0.3 is 12.0 Å². The zero-order valence-electron chi connectivity index (χ0n) is 8.59. The van der Waals surface area contributed by atoms with Crippen LogP contribution in [0.2, 0.25) is 0 Å². The molecule has 0 spiro atoms. The van der Waals surface area contributed by atoms with Crippen LogP contribution in [-0.2, 0) is 4.79 Å². The van der Waals surface area contributed by atoms with Crippen LogP contribution >= 0.6 is 0 Å². The second kappa shape index (κ2) is 4.22. The van der Waals surface area contributed by atoms with Crippen LogP contribution < -0.4 is 5.32 Å². The molecule has 1 fully saturated rings. The summed E-state index contributed by atoms with van der Waals surface area (Å²) in [4.78, 5) is 24.0. The van der Waals surface area contributed by atoms with Crippen molar-refractivity contribution in [2.24, 2.45) is 0 Å². The van der Waals surface area contributed by atoms with Crippen molar-refractivity contribution in [2.75, 3.05) is 13.1 Å². The number of aliphatic carboxylic acids is 1. The first-order chi connectivity index (χ1) is 7.70. The van der Waals surface area contributed by atoms with Crippen molar-refractivity contribution in [1.82, 2.24) is 10.2 Å². The largest absolute Gasteiger partial charge is 0.479 e. The Balaban J connectivity index is 2.31. The van der Waals surface area contributed by atoms with Gasteiger partial charge in [0.25, 0.3) is 0 Å². The first kappa shape index (κ1) is 10.5. The van der Waals surface area contributed by atoms with Gasteiger partial charge in [-0.1, -0.05) is 30.3 Å². The fourth-order valence-electron chi connectivity index (χ4n) is 1.82. The summed E-state index contributed by atoms with van der Waals surface area (Å²) in [5.41, 5.74) is 0.618. The molecule has 1 saturated heterocycles. The lowest BCUT2D eigenvalue weighted by atomic mass is 10.1. The molecule has 5 heteroatoms. The molecule has 2 rings (SSSR count). The molecule has 1 aliphatic heterocycles. The third kappa shape index (κ3) is 1.84. The third-order valence-electron chi connectivity index (χ3n) is 2.55. The summed E-state index contributed by atoms with van der Waals surface area (Å²) < 4.78 is 0. The minimum atomic E-state index is -1.01. The first-order valence-electron chi connectivity index (χ1n) is 5.02. The van der Waals surface area contributed by atoms with Gasteiger partial charge in [-0.15, -0.1) is 0 Å². The molecule has 0 saturated carbocycles. The minimum absolute atomic E-state index is 0.323. The van der Waals surface area contributed by atoms with Gasteiger partial charge < -0.3 is 15.3 Å². The van der Waals surface area contributed by atoms with Crippen LogP contribution in [-0.4, -0.2) is 35.1 Å². The predicted octanol–water partition coefficient (Wildman–Crippen LogP) is 0.838. The maximum atomic E-state index is 11.4. The highest BCUT2D eigenvalue weighted by Gasteiger charge is 2.33. The third-order valence-corrected chi connectivity index (χ3v) is 2.55. The van der Waals surface area contributed by atoms with Gasteiger partial charge in [0.2, 0.25) is 0 Å². The fraction of sp³-hybridized carbons (Fsp3) is 0.273. The maximum Gasteiger partial charge on any atom is 0.331 e. The summed E-state index contributed by atoms with van der Waals surface area (Å²) in [7, 11) is 0. The highest BCUT2D eigenvalue weighted by Crippen LogP contribution is 2.22. The standard InChI is InChI=1S/C11H12N2O3/c14-10(15)9(8-4-2-1-3-5-8)13-7-6-12-11(13)16/h1-5,9H,6-7H2,(H,12,16)(H,14,15). The monoisotopic (exact) mass is 220 g/mol. The normalized spacial score (nSPS) is 17.0. The lowest BCUT2D eigenvalue weighted by Crippen LogP contribution is -2.36. The molecule has 5 nitrogen and oxygen atoms in total. The Kier molecular flexibility index (Phi) is 2.76. The number of rotatable bonds is 3. The second-order valence-electron chi connectivity index (χ2n) is 3.58. The number of benzene rings is 1. The highest BCUT2D eigenvalue weighted by atomic mass is 16.4. The summed E-state index contributed by atoms with van der Waals surface area (Å²) in [6.45, 7) is 0.917. The molecule has 2 N–H and O–H groups in total. The maximum absolute atomic E-state index is 11.4. The van der Waals surface area contributed by atoms with Crippen molar-refractivity contribution in [2.45, 2.75) is 6.04 Å². The molecule has 2 amide bonds. The number of carboxylic acids is 1. The van der Waals surface area contributed by atoms with Crippen LogP contribution in [0.1, 0.15) is 11.6 Å². The Morgan fingerprint density at radius 2 is 2.06 bits per heavy atom. The summed E-state index contributed by atoms with van der Waals surface area (Å²) >= 11 is 0. The average molecular weight is 220 g/mol. The molecule has 84 valence electrons. The van der Waals surface area contributed by atoms with Gasteiger partial charge in [0, 0.05) is 13.1 Å². The molecule has 1 heterocycles. The predicted molar refractivity (Wildman–Crippen MR) is 56.9 cm³/mol. The van der Waals surface area contributed by atoms with E-state index in [1.54, 1.807) is 24.3 Å². The number of carbonyl (C=O) groups excluding carboxylic acids is 1. The van der Waals surface area contributed by atoms with Crippen molar-refractivity contribution in [3.8, 4) is 0 Å². The van der Waals surface area contributed by atoms with Crippen molar-refractivity contribution in [1.29, 1.82) is 0 Å². The molecule has 1 unspecified atom stereocenters. The highest BCUT2D eigenvalue weighted by molar-refractivity contribution is 5.84. The van der Waals surface area contributed by atoms with E-state index < -0.39 is 12.0 Å². The topological polar surface area (TPSA) is 69.6 Å². The van der Waals surface area contributed by atoms with Gasteiger partial charge in [0.1, 0.15) is 0 Å². The van der Waals surface area contributed by atoms with E-state index in [1.807, 2.05) is 6.07 Å². The minimum Gasteiger partial charge on any atom is -0.479 e. The molecule has 0 aromatic heterocycles. The quantitative estimate of drug-likeness (QED) is 0.793. The van der Waals surface area contributed by atoms with Gasteiger partial charge in [-0.3, -0.25) is 0 Å².